The maximum Gasteiger partial charge on any atom is 0.182 e. The molecule has 1 unspecified atom stereocenters. The monoisotopic (exact) mass is 246 g/mol. The summed E-state index contributed by atoms with van der Waals surface area (Å²) in [6.45, 7) is 3.95. The third-order valence-electron chi connectivity index (χ3n) is 3.29. The fourth-order valence-corrected chi connectivity index (χ4v) is 2.09. The summed E-state index contributed by atoms with van der Waals surface area (Å²) in [5.41, 5.74) is 0.351. The number of hydrogen-bond donors (Lipinski definition) is 1. The van der Waals surface area contributed by atoms with Crippen molar-refractivity contribution in [3.05, 3.63) is 18.1 Å². The molecule has 18 heavy (non-hydrogen) atoms. The molecule has 0 radical (unpaired) electrons. The highest BCUT2D eigenvalue weighted by atomic mass is 15.3. The maximum absolute atomic E-state index is 8.94. The van der Waals surface area contributed by atoms with Crippen molar-refractivity contribution in [2.45, 2.75) is 6.04 Å². The molecule has 1 aromatic heterocycles. The second-order valence-electron chi connectivity index (χ2n) is 4.64. The highest BCUT2D eigenvalue weighted by Crippen LogP contribution is 2.10. The summed E-state index contributed by atoms with van der Waals surface area (Å²) in [6, 6.07) is 2.47. The molecule has 6 nitrogen and oxygen atoms in total. The van der Waals surface area contributed by atoms with Gasteiger partial charge in [0.1, 0.15) is 6.07 Å². The second-order valence-corrected chi connectivity index (χ2v) is 4.64. The Morgan fingerprint density at radius 2 is 2.17 bits per heavy atom. The van der Waals surface area contributed by atoms with E-state index < -0.39 is 0 Å². The molecule has 1 saturated heterocycles. The Bertz CT molecular complexity index is 440. The molecule has 1 aliphatic heterocycles. The molecule has 1 N–H and O–H groups in total. The van der Waals surface area contributed by atoms with Crippen molar-refractivity contribution in [2.24, 2.45) is 0 Å². The van der Waals surface area contributed by atoms with Crippen LogP contribution >= 0.6 is 0 Å². The standard InChI is InChI=1S/C12H18N6/c1-17-5-6-18(2)10(9-17)8-16-12-11(7-13)14-3-4-15-12/h3-4,10H,5-6,8-9H2,1-2H3,(H,15,16). The largest absolute Gasteiger partial charge is 0.366 e. The summed E-state index contributed by atoms with van der Waals surface area (Å²) in [4.78, 5) is 12.8. The van der Waals surface area contributed by atoms with Gasteiger partial charge in [0.05, 0.1) is 0 Å². The molecular weight excluding hydrogens is 228 g/mol. The fraction of sp³-hybridized carbons (Fsp3) is 0.583. The molecule has 1 aliphatic rings. The van der Waals surface area contributed by atoms with Gasteiger partial charge < -0.3 is 10.2 Å². The van der Waals surface area contributed by atoms with E-state index in [-0.39, 0.29) is 0 Å². The number of nitrogens with one attached hydrogen (secondary N) is 1. The van der Waals surface area contributed by atoms with Crippen LogP contribution in [0.4, 0.5) is 5.82 Å². The zero-order chi connectivity index (χ0) is 13.0. The average Bonchev–Trinajstić information content (AvgIpc) is 2.40. The van der Waals surface area contributed by atoms with E-state index in [2.05, 4.69) is 39.2 Å². The fourth-order valence-electron chi connectivity index (χ4n) is 2.09. The molecule has 0 spiro atoms. The van der Waals surface area contributed by atoms with Crippen LogP contribution in [0.15, 0.2) is 12.4 Å². The van der Waals surface area contributed by atoms with Gasteiger partial charge >= 0.3 is 0 Å². The van der Waals surface area contributed by atoms with Crippen molar-refractivity contribution < 1.29 is 0 Å². The quantitative estimate of drug-likeness (QED) is 0.810. The van der Waals surface area contributed by atoms with Gasteiger partial charge in [-0.3, -0.25) is 4.90 Å². The molecule has 0 aromatic carbocycles. The van der Waals surface area contributed by atoms with Crippen LogP contribution < -0.4 is 5.32 Å². The van der Waals surface area contributed by atoms with Gasteiger partial charge in [0.2, 0.25) is 0 Å². The normalized spacial score (nSPS) is 21.5. The molecule has 0 amide bonds. The third-order valence-corrected chi connectivity index (χ3v) is 3.29. The van der Waals surface area contributed by atoms with Crippen molar-refractivity contribution >= 4 is 5.82 Å². The van der Waals surface area contributed by atoms with Gasteiger partial charge in [0.15, 0.2) is 11.5 Å². The summed E-state index contributed by atoms with van der Waals surface area (Å²) in [7, 11) is 4.25. The van der Waals surface area contributed by atoms with Crippen LogP contribution in [0.1, 0.15) is 5.69 Å². The number of nitriles is 1. The zero-order valence-corrected chi connectivity index (χ0v) is 10.8. The first kappa shape index (κ1) is 12.7. The van der Waals surface area contributed by atoms with Crippen molar-refractivity contribution in [2.75, 3.05) is 45.6 Å². The van der Waals surface area contributed by atoms with E-state index in [0.29, 0.717) is 17.6 Å². The topological polar surface area (TPSA) is 68.1 Å². The van der Waals surface area contributed by atoms with E-state index in [4.69, 9.17) is 5.26 Å². The number of likely N-dealkylation sites (N-methyl/N-ethyl adjacent to an activating group) is 2. The number of rotatable bonds is 3. The summed E-state index contributed by atoms with van der Waals surface area (Å²) in [6.07, 6.45) is 3.13. The van der Waals surface area contributed by atoms with Gasteiger partial charge in [-0.1, -0.05) is 0 Å². The first-order chi connectivity index (χ1) is 8.70. The van der Waals surface area contributed by atoms with Crippen LogP contribution in [-0.4, -0.2) is 66.1 Å². The third kappa shape index (κ3) is 2.94. The van der Waals surface area contributed by atoms with E-state index in [9.17, 15) is 0 Å². The maximum atomic E-state index is 8.94. The highest BCUT2D eigenvalue weighted by Gasteiger charge is 2.22. The molecule has 6 heteroatoms. The number of piperazine rings is 1. The summed E-state index contributed by atoms with van der Waals surface area (Å²) in [5, 5.41) is 12.2. The Balaban J connectivity index is 1.96. The predicted molar refractivity (Wildman–Crippen MR) is 69.2 cm³/mol. The minimum absolute atomic E-state index is 0.351. The molecule has 1 aromatic rings. The van der Waals surface area contributed by atoms with Gasteiger partial charge in [0.25, 0.3) is 0 Å². The van der Waals surface area contributed by atoms with Gasteiger partial charge in [-0.2, -0.15) is 5.26 Å². The minimum atomic E-state index is 0.351. The van der Waals surface area contributed by atoms with E-state index in [1.807, 2.05) is 6.07 Å². The molecule has 2 heterocycles. The van der Waals surface area contributed by atoms with Crippen LogP contribution in [0.5, 0.6) is 0 Å². The Kier molecular flexibility index (Phi) is 4.07. The number of nitrogens with zero attached hydrogens (tertiary/aromatic N) is 5. The van der Waals surface area contributed by atoms with Crippen molar-refractivity contribution in [3.8, 4) is 6.07 Å². The van der Waals surface area contributed by atoms with E-state index in [1.54, 1.807) is 6.20 Å². The molecule has 0 aliphatic carbocycles. The Hall–Kier alpha value is -1.71. The number of anilines is 1. The average molecular weight is 246 g/mol. The van der Waals surface area contributed by atoms with Gasteiger partial charge in [-0.05, 0) is 14.1 Å². The Morgan fingerprint density at radius 1 is 1.39 bits per heavy atom. The lowest BCUT2D eigenvalue weighted by Gasteiger charge is -2.37. The lowest BCUT2D eigenvalue weighted by molar-refractivity contribution is 0.122. The Morgan fingerprint density at radius 3 is 2.94 bits per heavy atom. The smallest absolute Gasteiger partial charge is 0.182 e. The van der Waals surface area contributed by atoms with Crippen LogP contribution in [0, 0.1) is 11.3 Å². The van der Waals surface area contributed by atoms with Gasteiger partial charge in [0, 0.05) is 44.6 Å². The SMILES string of the molecule is CN1CCN(C)C(CNc2nccnc2C#N)C1. The van der Waals surface area contributed by atoms with Crippen molar-refractivity contribution in [1.82, 2.24) is 19.8 Å². The molecule has 96 valence electrons. The van der Waals surface area contributed by atoms with Gasteiger partial charge in [-0.25, -0.2) is 9.97 Å². The predicted octanol–water partition coefficient (Wildman–Crippen LogP) is 0.00598. The first-order valence-corrected chi connectivity index (χ1v) is 6.04. The van der Waals surface area contributed by atoms with E-state index in [1.165, 1.54) is 6.20 Å². The summed E-state index contributed by atoms with van der Waals surface area (Å²) in [5.74, 6) is 0.571. The van der Waals surface area contributed by atoms with Crippen LogP contribution in [0.25, 0.3) is 0 Å². The summed E-state index contributed by atoms with van der Waals surface area (Å²) < 4.78 is 0. The molecule has 0 saturated carbocycles. The van der Waals surface area contributed by atoms with Crippen molar-refractivity contribution in [3.63, 3.8) is 0 Å². The van der Waals surface area contributed by atoms with E-state index in [0.717, 1.165) is 26.2 Å². The zero-order valence-electron chi connectivity index (χ0n) is 10.8. The van der Waals surface area contributed by atoms with Crippen molar-refractivity contribution in [1.29, 1.82) is 5.26 Å². The minimum Gasteiger partial charge on any atom is -0.366 e. The van der Waals surface area contributed by atoms with Crippen LogP contribution in [-0.2, 0) is 0 Å². The van der Waals surface area contributed by atoms with E-state index >= 15 is 0 Å². The Labute approximate surface area is 107 Å². The second kappa shape index (κ2) is 5.76. The first-order valence-electron chi connectivity index (χ1n) is 6.04. The highest BCUT2D eigenvalue weighted by molar-refractivity contribution is 5.46. The summed E-state index contributed by atoms with van der Waals surface area (Å²) >= 11 is 0. The molecule has 1 atom stereocenters. The van der Waals surface area contributed by atoms with Gasteiger partial charge in [-0.15, -0.1) is 0 Å². The molecular formula is C12H18N6. The molecule has 2 rings (SSSR count). The molecule has 1 fully saturated rings. The molecule has 0 bridgehead atoms. The lowest BCUT2D eigenvalue weighted by Crippen LogP contribution is -2.52. The van der Waals surface area contributed by atoms with Crippen LogP contribution in [0.3, 0.4) is 0 Å². The number of hydrogen-bond acceptors (Lipinski definition) is 6. The number of aromatic nitrogens is 2. The lowest BCUT2D eigenvalue weighted by atomic mass is 10.2. The van der Waals surface area contributed by atoms with Crippen LogP contribution in [0.2, 0.25) is 0 Å².